The molecule has 4 atom stereocenters. The highest BCUT2D eigenvalue weighted by atomic mass is 35.5. The second-order valence-electron chi connectivity index (χ2n) is 9.41. The lowest BCUT2D eigenvalue weighted by Gasteiger charge is -2.30. The van der Waals surface area contributed by atoms with E-state index in [2.05, 4.69) is 0 Å². The second kappa shape index (κ2) is 9.29. The summed E-state index contributed by atoms with van der Waals surface area (Å²) >= 11 is 12.3. The van der Waals surface area contributed by atoms with Crippen molar-refractivity contribution >= 4 is 46.8 Å². The Morgan fingerprint density at radius 2 is 1.15 bits per heavy atom. The highest BCUT2D eigenvalue weighted by Crippen LogP contribution is 2.40. The zero-order chi connectivity index (χ0) is 24.0. The highest BCUT2D eigenvalue weighted by Gasteiger charge is 2.51. The summed E-state index contributed by atoms with van der Waals surface area (Å²) in [5.74, 6) is -2.65. The molecule has 2 aliphatic heterocycles. The number of benzene rings is 1. The number of likely N-dealkylation sites (tertiary alicyclic amines) is 2. The quantitative estimate of drug-likeness (QED) is 0.557. The average molecular weight is 502 g/mol. The maximum absolute atomic E-state index is 13.1. The van der Waals surface area contributed by atoms with E-state index >= 15 is 0 Å². The molecule has 0 N–H and O–H groups in total. The summed E-state index contributed by atoms with van der Waals surface area (Å²) in [5, 5.41) is 1.21. The predicted octanol–water partition coefficient (Wildman–Crippen LogP) is 3.44. The first-order valence-corrected chi connectivity index (χ1v) is 12.2. The molecule has 0 unspecified atom stereocenters. The van der Waals surface area contributed by atoms with Crippen molar-refractivity contribution in [2.45, 2.75) is 32.2 Å². The summed E-state index contributed by atoms with van der Waals surface area (Å²) in [6, 6.07) is 9.56. The fourth-order valence-electron chi connectivity index (χ4n) is 5.46. The summed E-state index contributed by atoms with van der Waals surface area (Å²) in [4.78, 5) is 56.7. The molecule has 2 heterocycles. The number of rotatable bonds is 6. The summed E-state index contributed by atoms with van der Waals surface area (Å²) in [5.41, 5.74) is 0.949. The van der Waals surface area contributed by atoms with E-state index in [1.807, 2.05) is 42.5 Å². The SMILES string of the molecule is O=C1[C@H]2CC=C(Cl)C[C@@H]2C(=O)N1CN(Cc1ccccc1)CN1C(=O)[C@H]2CC(Cl)=CC[C@H]2C1=O. The number of hydrogen-bond donors (Lipinski definition) is 0. The molecule has 9 heteroatoms. The van der Waals surface area contributed by atoms with Gasteiger partial charge in [0.1, 0.15) is 0 Å². The van der Waals surface area contributed by atoms with Crippen molar-refractivity contribution < 1.29 is 19.2 Å². The molecule has 0 spiro atoms. The first-order chi connectivity index (χ1) is 16.3. The Morgan fingerprint density at radius 3 is 1.62 bits per heavy atom. The van der Waals surface area contributed by atoms with E-state index in [4.69, 9.17) is 23.2 Å². The first-order valence-electron chi connectivity index (χ1n) is 11.5. The van der Waals surface area contributed by atoms with Gasteiger partial charge in [0.25, 0.3) is 0 Å². The molecule has 0 radical (unpaired) electrons. The van der Waals surface area contributed by atoms with Gasteiger partial charge in [0, 0.05) is 16.6 Å². The van der Waals surface area contributed by atoms with E-state index in [0.717, 1.165) is 5.56 Å². The average Bonchev–Trinajstić information content (AvgIpc) is 3.19. The number of carbonyl (C=O) groups is 4. The molecule has 0 aromatic heterocycles. The van der Waals surface area contributed by atoms with Gasteiger partial charge in [-0.15, -0.1) is 0 Å². The monoisotopic (exact) mass is 501 g/mol. The van der Waals surface area contributed by atoms with E-state index in [0.29, 0.717) is 42.3 Å². The van der Waals surface area contributed by atoms with E-state index in [9.17, 15) is 19.2 Å². The van der Waals surface area contributed by atoms with E-state index < -0.39 is 23.7 Å². The van der Waals surface area contributed by atoms with Crippen LogP contribution >= 0.6 is 23.2 Å². The molecule has 4 amide bonds. The standard InChI is InChI=1S/C25H25Cl2N3O4/c26-16-6-8-18-20(10-16)24(33)29(22(18)31)13-28(12-15-4-2-1-3-5-15)14-30-23(32)19-9-7-17(27)11-21(19)25(30)34/h1-7,18-21H,8-14H2/t18-,19+,20-,21-/m0/s1. The van der Waals surface area contributed by atoms with Crippen LogP contribution in [0.5, 0.6) is 0 Å². The lowest BCUT2D eigenvalue weighted by Crippen LogP contribution is -2.48. The summed E-state index contributed by atoms with van der Waals surface area (Å²) in [7, 11) is 0. The van der Waals surface area contributed by atoms with E-state index in [1.165, 1.54) is 9.80 Å². The fraction of sp³-hybridized carbons (Fsp3) is 0.440. The molecular weight excluding hydrogens is 477 g/mol. The Labute approximate surface area is 207 Å². The van der Waals surface area contributed by atoms with Crippen LogP contribution in [0.15, 0.2) is 52.5 Å². The van der Waals surface area contributed by atoms with Gasteiger partial charge in [0.15, 0.2) is 0 Å². The van der Waals surface area contributed by atoms with Crippen LogP contribution in [0, 0.1) is 23.7 Å². The van der Waals surface area contributed by atoms with Crippen molar-refractivity contribution in [1.29, 1.82) is 0 Å². The van der Waals surface area contributed by atoms with Gasteiger partial charge in [-0.1, -0.05) is 65.7 Å². The van der Waals surface area contributed by atoms with Gasteiger partial charge < -0.3 is 0 Å². The molecule has 1 aromatic rings. The number of nitrogens with zero attached hydrogens (tertiary/aromatic N) is 3. The van der Waals surface area contributed by atoms with Gasteiger partial charge in [-0.2, -0.15) is 0 Å². The van der Waals surface area contributed by atoms with Crippen LogP contribution in [-0.2, 0) is 25.7 Å². The van der Waals surface area contributed by atoms with Gasteiger partial charge in [0.2, 0.25) is 23.6 Å². The molecule has 2 saturated heterocycles. The number of allylic oxidation sites excluding steroid dienone is 4. The molecule has 2 fully saturated rings. The van der Waals surface area contributed by atoms with E-state index in [1.54, 1.807) is 4.90 Å². The largest absolute Gasteiger partial charge is 0.274 e. The third kappa shape index (κ3) is 4.21. The Bertz CT molecular complexity index is 1040. The summed E-state index contributed by atoms with van der Waals surface area (Å²) in [6.45, 7) is 0.378. The van der Waals surface area contributed by atoms with Crippen molar-refractivity contribution in [3.63, 3.8) is 0 Å². The lowest BCUT2D eigenvalue weighted by molar-refractivity contribution is -0.145. The maximum atomic E-state index is 13.1. The molecule has 4 aliphatic rings. The van der Waals surface area contributed by atoms with Gasteiger partial charge in [0.05, 0.1) is 37.0 Å². The van der Waals surface area contributed by atoms with Crippen LogP contribution in [0.4, 0.5) is 0 Å². The predicted molar refractivity (Wildman–Crippen MR) is 126 cm³/mol. The van der Waals surface area contributed by atoms with Crippen molar-refractivity contribution in [3.8, 4) is 0 Å². The number of fused-ring (bicyclic) bond motifs is 2. The smallest absolute Gasteiger partial charge is 0.234 e. The molecule has 34 heavy (non-hydrogen) atoms. The third-order valence-electron chi connectivity index (χ3n) is 7.25. The number of imide groups is 2. The Hall–Kier alpha value is -2.48. The van der Waals surface area contributed by atoms with Crippen LogP contribution in [-0.4, -0.2) is 51.7 Å². The number of carbonyl (C=O) groups excluding carboxylic acids is 4. The Kier molecular flexibility index (Phi) is 6.35. The lowest BCUT2D eigenvalue weighted by atomic mass is 9.85. The van der Waals surface area contributed by atoms with Crippen LogP contribution in [0.2, 0.25) is 0 Å². The molecule has 178 valence electrons. The zero-order valence-corrected chi connectivity index (χ0v) is 20.0. The normalized spacial score (nSPS) is 28.9. The summed E-state index contributed by atoms with van der Waals surface area (Å²) in [6.07, 6.45) is 5.24. The van der Waals surface area contributed by atoms with Crippen LogP contribution < -0.4 is 0 Å². The van der Waals surface area contributed by atoms with Crippen molar-refractivity contribution in [2.24, 2.45) is 23.7 Å². The number of hydrogen-bond acceptors (Lipinski definition) is 5. The topological polar surface area (TPSA) is 78.0 Å². The fourth-order valence-corrected chi connectivity index (χ4v) is 5.97. The van der Waals surface area contributed by atoms with Crippen LogP contribution in [0.25, 0.3) is 0 Å². The molecular formula is C25H25Cl2N3O4. The van der Waals surface area contributed by atoms with Gasteiger partial charge in [-0.05, 0) is 31.2 Å². The van der Waals surface area contributed by atoms with Crippen LogP contribution in [0.3, 0.4) is 0 Å². The number of amides is 4. The van der Waals surface area contributed by atoms with Crippen molar-refractivity contribution in [3.05, 3.63) is 58.1 Å². The minimum absolute atomic E-state index is 0.00256. The molecule has 0 saturated carbocycles. The van der Waals surface area contributed by atoms with Crippen molar-refractivity contribution in [2.75, 3.05) is 13.3 Å². The third-order valence-corrected chi connectivity index (χ3v) is 7.87. The van der Waals surface area contributed by atoms with Gasteiger partial charge in [-0.3, -0.25) is 33.9 Å². The van der Waals surface area contributed by atoms with Gasteiger partial charge >= 0.3 is 0 Å². The zero-order valence-electron chi connectivity index (χ0n) is 18.5. The first kappa shape index (κ1) is 23.3. The highest BCUT2D eigenvalue weighted by molar-refractivity contribution is 6.30. The van der Waals surface area contributed by atoms with Crippen LogP contribution in [0.1, 0.15) is 31.2 Å². The van der Waals surface area contributed by atoms with Crippen molar-refractivity contribution in [1.82, 2.24) is 14.7 Å². The Morgan fingerprint density at radius 1 is 0.706 bits per heavy atom. The minimum atomic E-state index is -0.449. The van der Waals surface area contributed by atoms with Gasteiger partial charge in [-0.25, -0.2) is 0 Å². The Balaban J connectivity index is 1.36. The molecule has 7 nitrogen and oxygen atoms in total. The molecule has 1 aromatic carbocycles. The molecule has 2 aliphatic carbocycles. The maximum Gasteiger partial charge on any atom is 0.234 e. The number of halogens is 2. The minimum Gasteiger partial charge on any atom is -0.274 e. The molecule has 0 bridgehead atoms. The molecule has 5 rings (SSSR count). The van der Waals surface area contributed by atoms with E-state index in [-0.39, 0.29) is 37.0 Å². The second-order valence-corrected chi connectivity index (χ2v) is 10.4. The summed E-state index contributed by atoms with van der Waals surface area (Å²) < 4.78 is 0.